The fourth-order valence-electron chi connectivity index (χ4n) is 1.76. The molecule has 2 heterocycles. The number of nitrogens with one attached hydrogen (secondary N) is 1. The van der Waals surface area contributed by atoms with Gasteiger partial charge in [-0.05, 0) is 30.3 Å². The molecule has 0 radical (unpaired) electrons. The highest BCUT2D eigenvalue weighted by Crippen LogP contribution is 2.29. The molecular weight excluding hydrogens is 293 g/mol. The van der Waals surface area contributed by atoms with Gasteiger partial charge in [0.1, 0.15) is 5.75 Å². The fraction of sp³-hybridized carbons (Fsp3) is 0.0714. The van der Waals surface area contributed by atoms with E-state index in [0.717, 1.165) is 22.0 Å². The molecule has 0 aliphatic heterocycles. The number of rotatable bonds is 3. The van der Waals surface area contributed by atoms with E-state index in [-0.39, 0.29) is 11.5 Å². The van der Waals surface area contributed by atoms with Gasteiger partial charge in [-0.3, -0.25) is 10.1 Å². The van der Waals surface area contributed by atoms with Crippen LogP contribution in [0.15, 0.2) is 36.5 Å². The van der Waals surface area contributed by atoms with Gasteiger partial charge in [-0.2, -0.15) is 4.39 Å². The normalized spacial score (nSPS) is 10.6. The quantitative estimate of drug-likeness (QED) is 0.755. The minimum atomic E-state index is -0.626. The zero-order valence-electron chi connectivity index (χ0n) is 11.0. The number of carbonyl (C=O) groups is 1. The summed E-state index contributed by atoms with van der Waals surface area (Å²) in [5.41, 5.74) is 1.04. The van der Waals surface area contributed by atoms with Crippen LogP contribution in [-0.2, 0) is 0 Å². The Morgan fingerprint density at radius 1 is 1.33 bits per heavy atom. The number of halogens is 1. The number of pyridine rings is 1. The molecule has 0 aliphatic carbocycles. The molecule has 0 aliphatic rings. The van der Waals surface area contributed by atoms with Crippen molar-refractivity contribution in [2.75, 3.05) is 12.4 Å². The van der Waals surface area contributed by atoms with Gasteiger partial charge in [0.05, 0.1) is 22.9 Å². The first kappa shape index (κ1) is 13.4. The van der Waals surface area contributed by atoms with Crippen LogP contribution in [0.5, 0.6) is 5.75 Å². The van der Waals surface area contributed by atoms with Crippen molar-refractivity contribution in [1.29, 1.82) is 0 Å². The van der Waals surface area contributed by atoms with Gasteiger partial charge in [-0.1, -0.05) is 11.3 Å². The second-order valence-corrected chi connectivity index (χ2v) is 5.21. The molecule has 106 valence electrons. The fourth-order valence-corrected chi connectivity index (χ4v) is 2.65. The SMILES string of the molecule is COc1ccc2nc(NC(=O)c3ccc(F)nc3)sc2c1. The maximum absolute atomic E-state index is 12.7. The van der Waals surface area contributed by atoms with Gasteiger partial charge in [-0.25, -0.2) is 9.97 Å². The third kappa shape index (κ3) is 2.82. The highest BCUT2D eigenvalue weighted by atomic mass is 32.1. The number of benzene rings is 1. The lowest BCUT2D eigenvalue weighted by Crippen LogP contribution is -2.12. The highest BCUT2D eigenvalue weighted by Gasteiger charge is 2.11. The molecule has 0 spiro atoms. The summed E-state index contributed by atoms with van der Waals surface area (Å²) in [4.78, 5) is 19.7. The van der Waals surface area contributed by atoms with Gasteiger partial charge >= 0.3 is 0 Å². The molecule has 0 saturated heterocycles. The highest BCUT2D eigenvalue weighted by molar-refractivity contribution is 7.22. The molecule has 3 rings (SSSR count). The van der Waals surface area contributed by atoms with E-state index in [2.05, 4.69) is 15.3 Å². The van der Waals surface area contributed by atoms with Crippen LogP contribution in [-0.4, -0.2) is 23.0 Å². The number of aromatic nitrogens is 2. The van der Waals surface area contributed by atoms with E-state index in [1.165, 1.54) is 23.6 Å². The van der Waals surface area contributed by atoms with Crippen LogP contribution in [0.2, 0.25) is 0 Å². The Hall–Kier alpha value is -2.54. The van der Waals surface area contributed by atoms with Crippen LogP contribution in [0, 0.1) is 5.95 Å². The van der Waals surface area contributed by atoms with Crippen molar-refractivity contribution < 1.29 is 13.9 Å². The topological polar surface area (TPSA) is 64.1 Å². The summed E-state index contributed by atoms with van der Waals surface area (Å²) < 4.78 is 18.8. The molecule has 5 nitrogen and oxygen atoms in total. The van der Waals surface area contributed by atoms with E-state index in [1.807, 2.05) is 12.1 Å². The lowest BCUT2D eigenvalue weighted by Gasteiger charge is -2.00. The van der Waals surface area contributed by atoms with Crippen molar-refractivity contribution in [2.45, 2.75) is 0 Å². The Kier molecular flexibility index (Phi) is 3.49. The summed E-state index contributed by atoms with van der Waals surface area (Å²) in [6.07, 6.45) is 1.18. The molecule has 1 aromatic carbocycles. The summed E-state index contributed by atoms with van der Waals surface area (Å²) in [6, 6.07) is 7.98. The van der Waals surface area contributed by atoms with E-state index >= 15 is 0 Å². The molecule has 2 aromatic heterocycles. The van der Waals surface area contributed by atoms with Gasteiger partial charge in [0.2, 0.25) is 5.95 Å². The number of nitrogens with zero attached hydrogens (tertiary/aromatic N) is 2. The Morgan fingerprint density at radius 2 is 2.19 bits per heavy atom. The molecule has 0 saturated carbocycles. The third-order valence-corrected chi connectivity index (χ3v) is 3.74. The molecular formula is C14H10FN3O2S. The van der Waals surface area contributed by atoms with E-state index in [9.17, 15) is 9.18 Å². The molecule has 0 atom stereocenters. The molecule has 21 heavy (non-hydrogen) atoms. The smallest absolute Gasteiger partial charge is 0.259 e. The number of hydrogen-bond donors (Lipinski definition) is 1. The summed E-state index contributed by atoms with van der Waals surface area (Å²) in [5.74, 6) is -0.279. The van der Waals surface area contributed by atoms with Gasteiger partial charge in [0.15, 0.2) is 5.13 Å². The maximum Gasteiger partial charge on any atom is 0.259 e. The van der Waals surface area contributed by atoms with E-state index in [4.69, 9.17) is 4.74 Å². The molecule has 0 bridgehead atoms. The van der Waals surface area contributed by atoms with Gasteiger partial charge < -0.3 is 4.74 Å². The number of thiazole rings is 1. The average Bonchev–Trinajstić information content (AvgIpc) is 2.88. The second-order valence-electron chi connectivity index (χ2n) is 4.18. The van der Waals surface area contributed by atoms with E-state index in [1.54, 1.807) is 13.2 Å². The van der Waals surface area contributed by atoms with Crippen molar-refractivity contribution in [3.8, 4) is 5.75 Å². The molecule has 3 aromatic rings. The second kappa shape index (κ2) is 5.45. The van der Waals surface area contributed by atoms with Crippen LogP contribution in [0.3, 0.4) is 0 Å². The maximum atomic E-state index is 12.7. The standard InChI is InChI=1S/C14H10FN3O2S/c1-20-9-3-4-10-11(6-9)21-14(17-10)18-13(19)8-2-5-12(15)16-7-8/h2-7H,1H3,(H,17,18,19). The zero-order chi connectivity index (χ0) is 14.8. The summed E-state index contributed by atoms with van der Waals surface area (Å²) in [7, 11) is 1.59. The lowest BCUT2D eigenvalue weighted by atomic mass is 10.3. The summed E-state index contributed by atoms with van der Waals surface area (Å²) >= 11 is 1.34. The van der Waals surface area contributed by atoms with Crippen molar-refractivity contribution in [3.05, 3.63) is 48.0 Å². The minimum Gasteiger partial charge on any atom is -0.497 e. The monoisotopic (exact) mass is 303 g/mol. The third-order valence-electron chi connectivity index (χ3n) is 2.81. The largest absolute Gasteiger partial charge is 0.497 e. The average molecular weight is 303 g/mol. The number of carbonyl (C=O) groups excluding carboxylic acids is 1. The summed E-state index contributed by atoms with van der Waals surface area (Å²) in [5, 5.41) is 3.14. The molecule has 7 heteroatoms. The Bertz CT molecular complexity index is 802. The van der Waals surface area contributed by atoms with Gasteiger partial charge in [-0.15, -0.1) is 0 Å². The van der Waals surface area contributed by atoms with Crippen molar-refractivity contribution in [2.24, 2.45) is 0 Å². The lowest BCUT2D eigenvalue weighted by molar-refractivity contribution is 0.102. The van der Waals surface area contributed by atoms with Crippen LogP contribution in [0.25, 0.3) is 10.2 Å². The molecule has 0 unspecified atom stereocenters. The van der Waals surface area contributed by atoms with Crippen LogP contribution in [0.1, 0.15) is 10.4 Å². The van der Waals surface area contributed by atoms with Crippen molar-refractivity contribution in [3.63, 3.8) is 0 Å². The number of hydrogen-bond acceptors (Lipinski definition) is 5. The first-order valence-corrected chi connectivity index (χ1v) is 6.85. The van der Waals surface area contributed by atoms with E-state index in [0.29, 0.717) is 5.13 Å². The Balaban J connectivity index is 1.84. The predicted molar refractivity (Wildman–Crippen MR) is 78.3 cm³/mol. The molecule has 1 N–H and O–H groups in total. The van der Waals surface area contributed by atoms with Crippen molar-refractivity contribution >= 4 is 32.6 Å². The van der Waals surface area contributed by atoms with Crippen LogP contribution >= 0.6 is 11.3 Å². The van der Waals surface area contributed by atoms with Gasteiger partial charge in [0.25, 0.3) is 5.91 Å². The van der Waals surface area contributed by atoms with Crippen LogP contribution in [0.4, 0.5) is 9.52 Å². The molecule has 1 amide bonds. The Labute approximate surface area is 123 Å². The van der Waals surface area contributed by atoms with Crippen molar-refractivity contribution in [1.82, 2.24) is 9.97 Å². The minimum absolute atomic E-state index is 0.272. The number of ether oxygens (including phenoxy) is 1. The van der Waals surface area contributed by atoms with Gasteiger partial charge in [0, 0.05) is 6.20 Å². The number of methoxy groups -OCH3 is 1. The first-order valence-electron chi connectivity index (χ1n) is 6.03. The predicted octanol–water partition coefficient (Wildman–Crippen LogP) is 3.09. The number of fused-ring (bicyclic) bond motifs is 1. The molecule has 0 fully saturated rings. The first-order chi connectivity index (χ1) is 10.2. The summed E-state index contributed by atoms with van der Waals surface area (Å²) in [6.45, 7) is 0. The Morgan fingerprint density at radius 3 is 2.90 bits per heavy atom. The zero-order valence-corrected chi connectivity index (χ0v) is 11.8. The van der Waals surface area contributed by atoms with Crippen LogP contribution < -0.4 is 10.1 Å². The van der Waals surface area contributed by atoms with E-state index < -0.39 is 5.95 Å². The number of anilines is 1. The number of amides is 1.